The number of piperazine rings is 1. The molecule has 5 rings (SSSR count). The molecule has 2 aliphatic heterocycles. The van der Waals surface area contributed by atoms with Gasteiger partial charge in [-0.15, -0.1) is 0 Å². The molecule has 0 aliphatic carbocycles. The third kappa shape index (κ3) is 3.99. The van der Waals surface area contributed by atoms with Crippen molar-refractivity contribution in [2.75, 3.05) is 42.5 Å². The van der Waals surface area contributed by atoms with Crippen molar-refractivity contribution < 1.29 is 4.79 Å². The summed E-state index contributed by atoms with van der Waals surface area (Å²) >= 11 is 6.60. The maximum absolute atomic E-state index is 13.6. The topological polar surface area (TPSA) is 61.2 Å². The molecule has 0 radical (unpaired) electrons. The summed E-state index contributed by atoms with van der Waals surface area (Å²) in [7, 11) is 0. The van der Waals surface area contributed by atoms with Gasteiger partial charge in [-0.05, 0) is 43.7 Å². The first kappa shape index (κ1) is 22.6. The van der Waals surface area contributed by atoms with Crippen molar-refractivity contribution in [1.29, 1.82) is 0 Å². The van der Waals surface area contributed by atoms with E-state index >= 15 is 0 Å². The van der Waals surface area contributed by atoms with E-state index in [4.69, 9.17) is 17.2 Å². The van der Waals surface area contributed by atoms with Crippen LogP contribution in [0.3, 0.4) is 0 Å². The SMILES string of the molecule is CCN1C(=O)C(=Cc2c(N3CCN(c4ccccc4)CC3)nc3c(C)cccn3c2=O)SC1=S. The Kier molecular flexibility index (Phi) is 6.14. The summed E-state index contributed by atoms with van der Waals surface area (Å²) in [6.07, 6.45) is 3.40. The minimum atomic E-state index is -0.184. The molecule has 7 nitrogen and oxygen atoms in total. The van der Waals surface area contributed by atoms with Gasteiger partial charge in [0.1, 0.15) is 15.8 Å². The number of aromatic nitrogens is 2. The van der Waals surface area contributed by atoms with Gasteiger partial charge in [-0.2, -0.15) is 0 Å². The van der Waals surface area contributed by atoms with Crippen molar-refractivity contribution in [3.8, 4) is 0 Å². The van der Waals surface area contributed by atoms with Crippen molar-refractivity contribution in [3.05, 3.63) is 75.0 Å². The fourth-order valence-corrected chi connectivity index (χ4v) is 5.75. The number of likely N-dealkylation sites (N-methyl/N-ethyl adjacent to an activating group) is 1. The van der Waals surface area contributed by atoms with E-state index in [0.717, 1.165) is 31.7 Å². The van der Waals surface area contributed by atoms with E-state index in [2.05, 4.69) is 21.9 Å². The Morgan fingerprint density at radius 1 is 1.03 bits per heavy atom. The molecular weight excluding hydrogens is 466 g/mol. The summed E-state index contributed by atoms with van der Waals surface area (Å²) in [5.41, 5.74) is 2.98. The first-order valence-electron chi connectivity index (χ1n) is 11.3. The van der Waals surface area contributed by atoms with Gasteiger partial charge in [0.2, 0.25) is 0 Å². The van der Waals surface area contributed by atoms with Gasteiger partial charge >= 0.3 is 0 Å². The van der Waals surface area contributed by atoms with E-state index in [1.165, 1.54) is 17.4 Å². The molecule has 3 aromatic rings. The van der Waals surface area contributed by atoms with Gasteiger partial charge in [0.15, 0.2) is 0 Å². The smallest absolute Gasteiger partial charge is 0.267 e. The number of para-hydroxylation sites is 1. The molecule has 0 atom stereocenters. The van der Waals surface area contributed by atoms with Crippen molar-refractivity contribution in [2.24, 2.45) is 0 Å². The van der Waals surface area contributed by atoms with Crippen LogP contribution in [0.4, 0.5) is 11.5 Å². The van der Waals surface area contributed by atoms with Crippen LogP contribution in [0.15, 0.2) is 58.4 Å². The summed E-state index contributed by atoms with van der Waals surface area (Å²) in [5, 5.41) is 0. The second-order valence-corrected chi connectivity index (χ2v) is 9.95. The highest BCUT2D eigenvalue weighted by Crippen LogP contribution is 2.33. The Labute approximate surface area is 207 Å². The number of hydrogen-bond donors (Lipinski definition) is 0. The first-order chi connectivity index (χ1) is 16.5. The number of nitrogens with zero attached hydrogens (tertiary/aromatic N) is 5. The quantitative estimate of drug-likeness (QED) is 0.409. The van der Waals surface area contributed by atoms with Gasteiger partial charge < -0.3 is 9.80 Å². The van der Waals surface area contributed by atoms with Crippen LogP contribution in [0.25, 0.3) is 11.7 Å². The van der Waals surface area contributed by atoms with Crippen LogP contribution in [-0.4, -0.2) is 57.2 Å². The molecule has 0 bridgehead atoms. The number of benzene rings is 1. The van der Waals surface area contributed by atoms with E-state index in [1.54, 1.807) is 21.6 Å². The number of thiocarbonyl (C=S) groups is 1. The molecule has 0 unspecified atom stereocenters. The van der Waals surface area contributed by atoms with Gasteiger partial charge in [0, 0.05) is 44.6 Å². The van der Waals surface area contributed by atoms with Crippen LogP contribution in [0.1, 0.15) is 18.1 Å². The predicted molar refractivity (Wildman–Crippen MR) is 143 cm³/mol. The molecule has 2 aliphatic rings. The van der Waals surface area contributed by atoms with E-state index < -0.39 is 0 Å². The van der Waals surface area contributed by atoms with Crippen molar-refractivity contribution in [1.82, 2.24) is 14.3 Å². The standard InChI is InChI=1S/C25H25N5O2S2/c1-3-29-24(32)20(34-25(29)33)16-19-22(26-21-17(2)8-7-11-30(21)23(19)31)28-14-12-27(13-15-28)18-9-5-4-6-10-18/h4-11,16H,3,12-15H2,1-2H3. The molecule has 1 aromatic carbocycles. The normalized spacial score (nSPS) is 17.9. The number of hydrogen-bond acceptors (Lipinski definition) is 7. The summed E-state index contributed by atoms with van der Waals surface area (Å²) in [6, 6.07) is 14.1. The highest BCUT2D eigenvalue weighted by molar-refractivity contribution is 8.26. The number of carbonyl (C=O) groups is 1. The minimum absolute atomic E-state index is 0.161. The van der Waals surface area contributed by atoms with Gasteiger partial charge in [0.25, 0.3) is 11.5 Å². The molecule has 4 heterocycles. The molecular formula is C25H25N5O2S2. The number of thioether (sulfide) groups is 1. The van der Waals surface area contributed by atoms with Gasteiger partial charge in [-0.1, -0.05) is 48.2 Å². The summed E-state index contributed by atoms with van der Waals surface area (Å²) in [6.45, 7) is 7.42. The molecule has 2 fully saturated rings. The van der Waals surface area contributed by atoms with Crippen LogP contribution in [0, 0.1) is 6.92 Å². The van der Waals surface area contributed by atoms with Crippen molar-refractivity contribution in [2.45, 2.75) is 13.8 Å². The minimum Gasteiger partial charge on any atom is -0.368 e. The lowest BCUT2D eigenvalue weighted by Gasteiger charge is -2.37. The molecule has 174 valence electrons. The zero-order valence-electron chi connectivity index (χ0n) is 19.1. The van der Waals surface area contributed by atoms with Crippen molar-refractivity contribution >= 4 is 57.4 Å². The maximum atomic E-state index is 13.6. The maximum Gasteiger partial charge on any atom is 0.267 e. The first-order valence-corrected chi connectivity index (χ1v) is 12.5. The number of fused-ring (bicyclic) bond motifs is 1. The Morgan fingerprint density at radius 2 is 1.74 bits per heavy atom. The monoisotopic (exact) mass is 491 g/mol. The number of amides is 1. The third-order valence-electron chi connectivity index (χ3n) is 6.23. The Hall–Kier alpha value is -3.17. The molecule has 1 amide bonds. The fraction of sp³-hybridized carbons (Fsp3) is 0.280. The summed E-state index contributed by atoms with van der Waals surface area (Å²) in [5.74, 6) is 0.458. The Morgan fingerprint density at radius 3 is 2.41 bits per heavy atom. The number of aryl methyl sites for hydroxylation is 1. The highest BCUT2D eigenvalue weighted by Gasteiger charge is 2.32. The third-order valence-corrected chi connectivity index (χ3v) is 7.61. The Balaban J connectivity index is 1.57. The lowest BCUT2D eigenvalue weighted by Crippen LogP contribution is -2.47. The predicted octanol–water partition coefficient (Wildman–Crippen LogP) is 3.55. The lowest BCUT2D eigenvalue weighted by atomic mass is 10.2. The molecule has 2 aromatic heterocycles. The average Bonchev–Trinajstić information content (AvgIpc) is 3.13. The number of pyridine rings is 1. The Bertz CT molecular complexity index is 1360. The van der Waals surface area contributed by atoms with Crippen molar-refractivity contribution in [3.63, 3.8) is 0 Å². The number of rotatable bonds is 4. The number of carbonyl (C=O) groups excluding carboxylic acids is 1. The zero-order valence-corrected chi connectivity index (χ0v) is 20.7. The van der Waals surface area contributed by atoms with E-state index in [9.17, 15) is 9.59 Å². The van der Waals surface area contributed by atoms with Crippen LogP contribution in [0.2, 0.25) is 0 Å². The summed E-state index contributed by atoms with van der Waals surface area (Å²) in [4.78, 5) is 37.9. The highest BCUT2D eigenvalue weighted by atomic mass is 32.2. The second kappa shape index (κ2) is 9.23. The molecule has 34 heavy (non-hydrogen) atoms. The average molecular weight is 492 g/mol. The fourth-order valence-electron chi connectivity index (χ4n) is 4.39. The van der Waals surface area contributed by atoms with Gasteiger partial charge in [0.05, 0.1) is 10.5 Å². The van der Waals surface area contributed by atoms with Crippen LogP contribution >= 0.6 is 24.0 Å². The number of anilines is 2. The summed E-state index contributed by atoms with van der Waals surface area (Å²) < 4.78 is 2.08. The van der Waals surface area contributed by atoms with Crippen LogP contribution in [0.5, 0.6) is 0 Å². The van der Waals surface area contributed by atoms with E-state index in [-0.39, 0.29) is 11.5 Å². The second-order valence-electron chi connectivity index (χ2n) is 8.27. The van der Waals surface area contributed by atoms with Crippen LogP contribution in [-0.2, 0) is 4.79 Å². The van der Waals surface area contributed by atoms with Gasteiger partial charge in [-0.25, -0.2) is 4.98 Å². The molecule has 0 spiro atoms. The van der Waals surface area contributed by atoms with E-state index in [0.29, 0.717) is 32.8 Å². The van der Waals surface area contributed by atoms with Crippen LogP contribution < -0.4 is 15.4 Å². The largest absolute Gasteiger partial charge is 0.368 e. The molecule has 9 heteroatoms. The van der Waals surface area contributed by atoms with Gasteiger partial charge in [-0.3, -0.25) is 18.9 Å². The zero-order chi connectivity index (χ0) is 23.8. The molecule has 0 N–H and O–H groups in total. The van der Waals surface area contributed by atoms with E-state index in [1.807, 2.05) is 44.2 Å². The lowest BCUT2D eigenvalue weighted by molar-refractivity contribution is -0.121. The molecule has 2 saturated heterocycles. The molecule has 0 saturated carbocycles.